The largest absolute Gasteiger partial charge is 0.378 e. The monoisotopic (exact) mass is 569 g/mol. The van der Waals surface area contributed by atoms with E-state index in [1.807, 2.05) is 60.7 Å². The summed E-state index contributed by atoms with van der Waals surface area (Å²) in [6.45, 7) is 9.62. The van der Waals surface area contributed by atoms with E-state index in [1.54, 1.807) is 7.05 Å². The van der Waals surface area contributed by atoms with Gasteiger partial charge in [0.15, 0.2) is 5.82 Å². The zero-order valence-electron chi connectivity index (χ0n) is 23.8. The lowest BCUT2D eigenvalue weighted by Gasteiger charge is -2.28. The molecule has 2 heterocycles. The lowest BCUT2D eigenvalue weighted by atomic mass is 9.87. The standard InChI is InChI=1S/C32H35N5O3S/c1-32(2,3)23-10-8-21(9-11-23)29(38)35-25-7-5-6-22(20-25)31-36-28(27(41-31)30(39)33-4)34-24-12-14-26(15-13-24)37-16-18-40-19-17-37/h5-15,20,34H,16-19H2,1-4H3,(H,33,39)(H,35,38). The van der Waals surface area contributed by atoms with E-state index < -0.39 is 0 Å². The van der Waals surface area contributed by atoms with E-state index in [9.17, 15) is 9.59 Å². The van der Waals surface area contributed by atoms with Gasteiger partial charge in [-0.25, -0.2) is 4.98 Å². The lowest BCUT2D eigenvalue weighted by molar-refractivity contribution is 0.0966. The van der Waals surface area contributed by atoms with Gasteiger partial charge in [-0.1, -0.05) is 45.0 Å². The summed E-state index contributed by atoms with van der Waals surface area (Å²) in [5.41, 5.74) is 5.20. The van der Waals surface area contributed by atoms with Crippen LogP contribution in [0.4, 0.5) is 22.9 Å². The van der Waals surface area contributed by atoms with Gasteiger partial charge in [0, 0.05) is 48.3 Å². The van der Waals surface area contributed by atoms with Crippen molar-refractivity contribution < 1.29 is 14.3 Å². The Balaban J connectivity index is 1.34. The first-order valence-corrected chi connectivity index (χ1v) is 14.5. The molecule has 1 aromatic heterocycles. The number of hydrogen-bond acceptors (Lipinski definition) is 7. The molecule has 41 heavy (non-hydrogen) atoms. The number of amides is 2. The first-order chi connectivity index (χ1) is 19.7. The Hall–Kier alpha value is -4.21. The summed E-state index contributed by atoms with van der Waals surface area (Å²) >= 11 is 1.30. The molecule has 5 rings (SSSR count). The molecule has 0 saturated carbocycles. The summed E-state index contributed by atoms with van der Waals surface area (Å²) in [6.07, 6.45) is 0. The third-order valence-electron chi connectivity index (χ3n) is 6.95. The number of carbonyl (C=O) groups excluding carboxylic acids is 2. The van der Waals surface area contributed by atoms with Gasteiger partial charge in [0.2, 0.25) is 0 Å². The van der Waals surface area contributed by atoms with Gasteiger partial charge in [-0.3, -0.25) is 9.59 Å². The van der Waals surface area contributed by atoms with Gasteiger partial charge < -0.3 is 25.6 Å². The second-order valence-electron chi connectivity index (χ2n) is 10.9. The first-order valence-electron chi connectivity index (χ1n) is 13.7. The van der Waals surface area contributed by atoms with Crippen LogP contribution in [0.1, 0.15) is 46.4 Å². The molecule has 8 nitrogen and oxygen atoms in total. The fraction of sp³-hybridized carbons (Fsp3) is 0.281. The Morgan fingerprint density at radius 1 is 0.902 bits per heavy atom. The highest BCUT2D eigenvalue weighted by Crippen LogP contribution is 2.34. The molecule has 9 heteroatoms. The molecule has 0 radical (unpaired) electrons. The number of aromatic nitrogens is 1. The van der Waals surface area contributed by atoms with Gasteiger partial charge in [0.25, 0.3) is 11.8 Å². The number of carbonyl (C=O) groups is 2. The summed E-state index contributed by atoms with van der Waals surface area (Å²) in [4.78, 5) is 33.2. The van der Waals surface area contributed by atoms with Crippen LogP contribution in [-0.2, 0) is 10.2 Å². The van der Waals surface area contributed by atoms with Crippen LogP contribution >= 0.6 is 11.3 Å². The average Bonchev–Trinajstić information content (AvgIpc) is 3.41. The average molecular weight is 570 g/mol. The number of nitrogens with one attached hydrogen (secondary N) is 3. The Bertz CT molecular complexity index is 1520. The molecule has 3 N–H and O–H groups in total. The zero-order valence-corrected chi connectivity index (χ0v) is 24.6. The van der Waals surface area contributed by atoms with E-state index in [1.165, 1.54) is 16.9 Å². The van der Waals surface area contributed by atoms with Crippen molar-refractivity contribution in [1.29, 1.82) is 0 Å². The van der Waals surface area contributed by atoms with Crippen molar-refractivity contribution in [2.24, 2.45) is 0 Å². The third-order valence-corrected chi connectivity index (χ3v) is 8.05. The van der Waals surface area contributed by atoms with Gasteiger partial charge in [-0.2, -0.15) is 0 Å². The predicted octanol–water partition coefficient (Wildman–Crippen LogP) is 6.30. The van der Waals surface area contributed by atoms with Crippen molar-refractivity contribution in [3.8, 4) is 10.6 Å². The van der Waals surface area contributed by atoms with Crippen molar-refractivity contribution in [2.75, 3.05) is 48.9 Å². The number of hydrogen-bond donors (Lipinski definition) is 3. The van der Waals surface area contributed by atoms with E-state index in [2.05, 4.69) is 53.8 Å². The number of morpholine rings is 1. The summed E-state index contributed by atoms with van der Waals surface area (Å²) < 4.78 is 5.45. The second kappa shape index (κ2) is 12.1. The molecule has 0 aliphatic carbocycles. The molecule has 0 spiro atoms. The third kappa shape index (κ3) is 6.75. The highest BCUT2D eigenvalue weighted by atomic mass is 32.1. The van der Waals surface area contributed by atoms with E-state index in [4.69, 9.17) is 9.72 Å². The Morgan fingerprint density at radius 2 is 1.61 bits per heavy atom. The zero-order chi connectivity index (χ0) is 29.0. The fourth-order valence-electron chi connectivity index (χ4n) is 4.56. The minimum Gasteiger partial charge on any atom is -0.378 e. The number of benzene rings is 3. The van der Waals surface area contributed by atoms with Crippen LogP contribution < -0.4 is 20.9 Å². The maximum atomic E-state index is 12.9. The molecule has 0 bridgehead atoms. The molecule has 0 unspecified atom stereocenters. The van der Waals surface area contributed by atoms with Crippen molar-refractivity contribution in [1.82, 2.24) is 10.3 Å². The fourth-order valence-corrected chi connectivity index (χ4v) is 5.53. The van der Waals surface area contributed by atoms with Crippen LogP contribution in [0.3, 0.4) is 0 Å². The molecule has 4 aromatic rings. The summed E-state index contributed by atoms with van der Waals surface area (Å²) in [7, 11) is 1.60. The molecule has 1 saturated heterocycles. The Kier molecular flexibility index (Phi) is 8.37. The lowest BCUT2D eigenvalue weighted by Crippen LogP contribution is -2.36. The van der Waals surface area contributed by atoms with E-state index in [0.29, 0.717) is 27.0 Å². The summed E-state index contributed by atoms with van der Waals surface area (Å²) in [6, 6.07) is 23.3. The SMILES string of the molecule is CNC(=O)c1sc(-c2cccc(NC(=O)c3ccc(C(C)(C)C)cc3)c2)nc1Nc1ccc(N2CCOCC2)cc1. The maximum absolute atomic E-state index is 12.9. The summed E-state index contributed by atoms with van der Waals surface area (Å²) in [5.74, 6) is 0.0804. The van der Waals surface area contributed by atoms with Gasteiger partial charge in [-0.15, -0.1) is 11.3 Å². The number of rotatable bonds is 7. The van der Waals surface area contributed by atoms with Crippen LogP contribution in [0.15, 0.2) is 72.8 Å². The van der Waals surface area contributed by atoms with Gasteiger partial charge in [0.1, 0.15) is 9.88 Å². The van der Waals surface area contributed by atoms with Crippen LogP contribution in [0.5, 0.6) is 0 Å². The van der Waals surface area contributed by atoms with Gasteiger partial charge in [0.05, 0.1) is 13.2 Å². The van der Waals surface area contributed by atoms with Crippen molar-refractivity contribution in [3.05, 3.63) is 88.8 Å². The molecule has 0 atom stereocenters. The van der Waals surface area contributed by atoms with E-state index in [-0.39, 0.29) is 17.2 Å². The predicted molar refractivity (Wildman–Crippen MR) is 167 cm³/mol. The molecule has 212 valence electrons. The summed E-state index contributed by atoms with van der Waals surface area (Å²) in [5, 5.41) is 9.68. The molecule has 1 aliphatic rings. The van der Waals surface area contributed by atoms with Crippen LogP contribution in [0.25, 0.3) is 10.6 Å². The number of anilines is 4. The van der Waals surface area contributed by atoms with Crippen molar-refractivity contribution in [2.45, 2.75) is 26.2 Å². The Labute approximate surface area is 244 Å². The molecular weight excluding hydrogens is 534 g/mol. The number of nitrogens with zero attached hydrogens (tertiary/aromatic N) is 2. The van der Waals surface area contributed by atoms with E-state index >= 15 is 0 Å². The van der Waals surface area contributed by atoms with Crippen molar-refractivity contribution in [3.63, 3.8) is 0 Å². The van der Waals surface area contributed by atoms with E-state index in [0.717, 1.165) is 43.2 Å². The number of ether oxygens (including phenoxy) is 1. The molecule has 2 amide bonds. The molecule has 3 aromatic carbocycles. The molecule has 1 aliphatic heterocycles. The van der Waals surface area contributed by atoms with Gasteiger partial charge >= 0.3 is 0 Å². The number of thiazole rings is 1. The quantitative estimate of drug-likeness (QED) is 0.242. The maximum Gasteiger partial charge on any atom is 0.264 e. The topological polar surface area (TPSA) is 95.6 Å². The normalized spacial score (nSPS) is 13.5. The van der Waals surface area contributed by atoms with Gasteiger partial charge in [-0.05, 0) is 59.5 Å². The molecular formula is C32H35N5O3S. The smallest absolute Gasteiger partial charge is 0.264 e. The minimum atomic E-state index is -0.218. The highest BCUT2D eigenvalue weighted by molar-refractivity contribution is 7.17. The van der Waals surface area contributed by atoms with Crippen LogP contribution in [-0.4, -0.2) is 50.1 Å². The van der Waals surface area contributed by atoms with Crippen LogP contribution in [0.2, 0.25) is 0 Å². The Morgan fingerprint density at radius 3 is 2.27 bits per heavy atom. The second-order valence-corrected chi connectivity index (χ2v) is 11.9. The highest BCUT2D eigenvalue weighted by Gasteiger charge is 2.20. The van der Waals surface area contributed by atoms with Crippen LogP contribution in [0, 0.1) is 0 Å². The van der Waals surface area contributed by atoms with Crippen molar-refractivity contribution >= 4 is 46.0 Å². The minimum absolute atomic E-state index is 0.0185. The molecule has 1 fully saturated rings. The first kappa shape index (κ1) is 28.3.